The van der Waals surface area contributed by atoms with Crippen LogP contribution in [0.15, 0.2) is 58.9 Å². The van der Waals surface area contributed by atoms with Gasteiger partial charge < -0.3 is 9.32 Å². The van der Waals surface area contributed by atoms with E-state index in [9.17, 15) is 0 Å². The van der Waals surface area contributed by atoms with Crippen molar-refractivity contribution >= 4 is 21.9 Å². The molecule has 1 aromatic carbocycles. The summed E-state index contributed by atoms with van der Waals surface area (Å²) in [6.07, 6.45) is 10.4. The van der Waals surface area contributed by atoms with Crippen molar-refractivity contribution in [3.05, 3.63) is 65.6 Å². The summed E-state index contributed by atoms with van der Waals surface area (Å²) in [7, 11) is 2.13. The Hall–Kier alpha value is -2.55. The van der Waals surface area contributed by atoms with Crippen LogP contribution in [-0.2, 0) is 5.54 Å². The second-order valence-electron chi connectivity index (χ2n) is 7.48. The van der Waals surface area contributed by atoms with Crippen LogP contribution in [0.25, 0.3) is 21.9 Å². The smallest absolute Gasteiger partial charge is 0.153 e. The molecule has 2 aromatic heterocycles. The van der Waals surface area contributed by atoms with Crippen molar-refractivity contribution in [2.24, 2.45) is 5.92 Å². The van der Waals surface area contributed by atoms with E-state index in [4.69, 9.17) is 4.42 Å². The molecule has 0 amide bonds. The molecule has 0 radical (unpaired) electrons. The minimum absolute atomic E-state index is 0.251. The van der Waals surface area contributed by atoms with Gasteiger partial charge in [0.25, 0.3) is 0 Å². The standard InChI is InChI=1S/C22H24N2O/c1-14(2)16-9-11-24(5)22(4,12-16)20-15(3)6-7-18-17-8-10-23-13-19(17)25-21(18)20/h6-14H,1-5H3. The number of likely N-dealkylation sites (N-methyl/N-ethyl adjacent to an activating group) is 1. The molecular formula is C22H24N2O. The number of fused-ring (bicyclic) bond motifs is 3. The summed E-state index contributed by atoms with van der Waals surface area (Å²) in [6, 6.07) is 6.39. The molecule has 0 saturated heterocycles. The first-order valence-corrected chi connectivity index (χ1v) is 8.82. The topological polar surface area (TPSA) is 29.3 Å². The number of aryl methyl sites for hydroxylation is 1. The first-order chi connectivity index (χ1) is 11.9. The number of nitrogens with zero attached hydrogens (tertiary/aromatic N) is 2. The molecule has 3 nitrogen and oxygen atoms in total. The molecule has 0 aliphatic carbocycles. The lowest BCUT2D eigenvalue weighted by Gasteiger charge is -2.40. The predicted molar refractivity (Wildman–Crippen MR) is 103 cm³/mol. The fraction of sp³-hybridized carbons (Fsp3) is 0.318. The number of hydrogen-bond acceptors (Lipinski definition) is 3. The highest BCUT2D eigenvalue weighted by Crippen LogP contribution is 2.42. The van der Waals surface area contributed by atoms with Crippen LogP contribution in [-0.4, -0.2) is 16.9 Å². The number of benzene rings is 1. The van der Waals surface area contributed by atoms with Crippen LogP contribution in [0.2, 0.25) is 0 Å². The Bertz CT molecular complexity index is 1030. The number of hydrogen-bond donors (Lipinski definition) is 0. The average molecular weight is 332 g/mol. The van der Waals surface area contributed by atoms with Crippen molar-refractivity contribution in [1.29, 1.82) is 0 Å². The lowest BCUT2D eigenvalue weighted by molar-refractivity contribution is 0.257. The Kier molecular flexibility index (Phi) is 3.50. The largest absolute Gasteiger partial charge is 0.454 e. The SMILES string of the molecule is Cc1ccc2c(oc3cnccc32)c1C1(C)C=C(C(C)C)C=CN1C. The Balaban J connectivity index is 2.06. The molecule has 0 bridgehead atoms. The molecule has 1 aliphatic heterocycles. The van der Waals surface area contributed by atoms with Gasteiger partial charge in [-0.25, -0.2) is 0 Å². The van der Waals surface area contributed by atoms with Gasteiger partial charge >= 0.3 is 0 Å². The maximum Gasteiger partial charge on any atom is 0.153 e. The van der Waals surface area contributed by atoms with Gasteiger partial charge in [0.05, 0.1) is 11.7 Å². The zero-order valence-electron chi connectivity index (χ0n) is 15.5. The zero-order valence-corrected chi connectivity index (χ0v) is 15.5. The highest BCUT2D eigenvalue weighted by Gasteiger charge is 2.35. The monoisotopic (exact) mass is 332 g/mol. The number of aromatic nitrogens is 1. The Labute approximate surface area is 148 Å². The molecule has 0 N–H and O–H groups in total. The van der Waals surface area contributed by atoms with Crippen molar-refractivity contribution in [1.82, 2.24) is 9.88 Å². The van der Waals surface area contributed by atoms with Crippen LogP contribution in [0.4, 0.5) is 0 Å². The average Bonchev–Trinajstić information content (AvgIpc) is 2.95. The minimum atomic E-state index is -0.251. The normalized spacial score (nSPS) is 20.7. The third-order valence-corrected chi connectivity index (χ3v) is 5.50. The highest BCUT2D eigenvalue weighted by molar-refractivity contribution is 6.06. The molecule has 3 heterocycles. The predicted octanol–water partition coefficient (Wildman–Crippen LogP) is 5.55. The van der Waals surface area contributed by atoms with Gasteiger partial charge in [-0.05, 0) is 43.0 Å². The molecule has 1 unspecified atom stereocenters. The quantitative estimate of drug-likeness (QED) is 0.616. The van der Waals surface area contributed by atoms with Crippen LogP contribution >= 0.6 is 0 Å². The molecule has 1 aliphatic rings. The maximum atomic E-state index is 6.28. The Morgan fingerprint density at radius 2 is 1.96 bits per heavy atom. The van der Waals surface area contributed by atoms with E-state index in [2.05, 4.69) is 75.1 Å². The van der Waals surface area contributed by atoms with Crippen molar-refractivity contribution in [2.45, 2.75) is 33.2 Å². The van der Waals surface area contributed by atoms with E-state index in [1.165, 1.54) is 16.7 Å². The second-order valence-corrected chi connectivity index (χ2v) is 7.48. The lowest BCUT2D eigenvalue weighted by atomic mass is 9.81. The minimum Gasteiger partial charge on any atom is -0.454 e. The molecule has 1 atom stereocenters. The Morgan fingerprint density at radius 3 is 2.72 bits per heavy atom. The summed E-state index contributed by atoms with van der Waals surface area (Å²) in [5.74, 6) is 0.489. The van der Waals surface area contributed by atoms with E-state index in [1.807, 2.05) is 12.3 Å². The molecule has 25 heavy (non-hydrogen) atoms. The summed E-state index contributed by atoms with van der Waals surface area (Å²) in [6.45, 7) is 8.91. The summed E-state index contributed by atoms with van der Waals surface area (Å²) >= 11 is 0. The van der Waals surface area contributed by atoms with Crippen molar-refractivity contribution in [2.75, 3.05) is 7.05 Å². The van der Waals surface area contributed by atoms with Gasteiger partial charge in [-0.3, -0.25) is 4.98 Å². The number of rotatable bonds is 2. The zero-order chi connectivity index (χ0) is 17.8. The molecular weight excluding hydrogens is 308 g/mol. The maximum absolute atomic E-state index is 6.28. The van der Waals surface area contributed by atoms with Crippen molar-refractivity contribution in [3.63, 3.8) is 0 Å². The second kappa shape index (κ2) is 5.48. The molecule has 0 spiro atoms. The van der Waals surface area contributed by atoms with Crippen molar-refractivity contribution in [3.8, 4) is 0 Å². The van der Waals surface area contributed by atoms with Gasteiger partial charge in [0.2, 0.25) is 0 Å². The molecule has 4 rings (SSSR count). The van der Waals surface area contributed by atoms with Crippen LogP contribution in [0.3, 0.4) is 0 Å². The molecule has 3 aromatic rings. The molecule has 0 saturated carbocycles. The Morgan fingerprint density at radius 1 is 1.16 bits per heavy atom. The summed E-state index contributed by atoms with van der Waals surface area (Å²) in [4.78, 5) is 6.48. The van der Waals surface area contributed by atoms with E-state index in [0.717, 1.165) is 21.9 Å². The highest BCUT2D eigenvalue weighted by atomic mass is 16.3. The number of pyridine rings is 1. The van der Waals surface area contributed by atoms with E-state index < -0.39 is 0 Å². The summed E-state index contributed by atoms with van der Waals surface area (Å²) in [5.41, 5.74) is 5.38. The third-order valence-electron chi connectivity index (χ3n) is 5.50. The first kappa shape index (κ1) is 15.9. The third kappa shape index (κ3) is 2.30. The van der Waals surface area contributed by atoms with E-state index in [0.29, 0.717) is 5.92 Å². The van der Waals surface area contributed by atoms with E-state index >= 15 is 0 Å². The van der Waals surface area contributed by atoms with Gasteiger partial charge in [-0.15, -0.1) is 0 Å². The number of furan rings is 1. The van der Waals surface area contributed by atoms with Gasteiger partial charge in [0, 0.05) is 35.8 Å². The van der Waals surface area contributed by atoms with Crippen LogP contribution in [0, 0.1) is 12.8 Å². The summed E-state index contributed by atoms with van der Waals surface area (Å²) < 4.78 is 6.28. The first-order valence-electron chi connectivity index (χ1n) is 8.82. The van der Waals surface area contributed by atoms with Gasteiger partial charge in [-0.2, -0.15) is 0 Å². The van der Waals surface area contributed by atoms with Crippen LogP contribution in [0.1, 0.15) is 31.9 Å². The molecule has 128 valence electrons. The van der Waals surface area contributed by atoms with Gasteiger partial charge in [0.15, 0.2) is 5.58 Å². The van der Waals surface area contributed by atoms with Crippen LogP contribution < -0.4 is 0 Å². The van der Waals surface area contributed by atoms with Gasteiger partial charge in [0.1, 0.15) is 5.58 Å². The molecule has 3 heteroatoms. The fourth-order valence-electron chi connectivity index (χ4n) is 3.86. The van der Waals surface area contributed by atoms with Gasteiger partial charge in [-0.1, -0.05) is 32.1 Å². The number of allylic oxidation sites excluding steroid dienone is 2. The van der Waals surface area contributed by atoms with Crippen molar-refractivity contribution < 1.29 is 4.42 Å². The lowest BCUT2D eigenvalue weighted by Crippen LogP contribution is -2.39. The molecule has 0 fully saturated rings. The summed E-state index contributed by atoms with van der Waals surface area (Å²) in [5, 5.41) is 2.28. The van der Waals surface area contributed by atoms with E-state index in [-0.39, 0.29) is 5.54 Å². The van der Waals surface area contributed by atoms with Crippen LogP contribution in [0.5, 0.6) is 0 Å². The fourth-order valence-corrected chi connectivity index (χ4v) is 3.86. The van der Waals surface area contributed by atoms with E-state index in [1.54, 1.807) is 6.20 Å².